The molecule has 2 rings (SSSR count). The Morgan fingerprint density at radius 1 is 1.19 bits per heavy atom. The van der Waals surface area contributed by atoms with Crippen molar-refractivity contribution in [1.82, 2.24) is 4.90 Å². The van der Waals surface area contributed by atoms with Gasteiger partial charge in [-0.05, 0) is 73.9 Å². The monoisotopic (exact) mass is 374 g/mol. The fraction of sp³-hybridized carbons (Fsp3) is 0.381. The van der Waals surface area contributed by atoms with Gasteiger partial charge in [0.2, 0.25) is 0 Å². The number of aliphatic hydroxyl groups excluding tert-OH is 1. The van der Waals surface area contributed by atoms with E-state index >= 15 is 0 Å². The molecule has 0 heterocycles. The van der Waals surface area contributed by atoms with Gasteiger partial charge < -0.3 is 20.0 Å². The van der Waals surface area contributed by atoms with Gasteiger partial charge >= 0.3 is 0 Å². The lowest BCUT2D eigenvalue weighted by molar-refractivity contribution is 0.0641. The van der Waals surface area contributed by atoms with Gasteiger partial charge in [-0.3, -0.25) is 0 Å². The molecule has 0 spiro atoms. The maximum absolute atomic E-state index is 13.4. The second kappa shape index (κ2) is 9.60. The Balaban J connectivity index is 2.48. The van der Waals surface area contributed by atoms with Crippen molar-refractivity contribution >= 4 is 6.21 Å². The van der Waals surface area contributed by atoms with E-state index in [1.807, 2.05) is 19.0 Å². The lowest BCUT2D eigenvalue weighted by atomic mass is 9.80. The van der Waals surface area contributed by atoms with Crippen LogP contribution < -0.4 is 0 Å². The van der Waals surface area contributed by atoms with E-state index in [2.05, 4.69) is 5.16 Å². The van der Waals surface area contributed by atoms with Gasteiger partial charge in [-0.25, -0.2) is 4.39 Å². The van der Waals surface area contributed by atoms with Crippen LogP contribution >= 0.6 is 0 Å². The van der Waals surface area contributed by atoms with Crippen molar-refractivity contribution in [3.05, 3.63) is 70.5 Å². The molecule has 5 nitrogen and oxygen atoms in total. The zero-order chi connectivity index (χ0) is 19.9. The molecule has 0 radical (unpaired) electrons. The highest BCUT2D eigenvalue weighted by Crippen LogP contribution is 2.36. The van der Waals surface area contributed by atoms with Gasteiger partial charge in [0, 0.05) is 0 Å². The Bertz CT molecular complexity index is 763. The van der Waals surface area contributed by atoms with Crippen LogP contribution in [0.5, 0.6) is 0 Å². The third kappa shape index (κ3) is 5.35. The highest BCUT2D eigenvalue weighted by molar-refractivity contribution is 5.79. The van der Waals surface area contributed by atoms with E-state index in [0.29, 0.717) is 23.1 Å². The van der Waals surface area contributed by atoms with Gasteiger partial charge in [-0.1, -0.05) is 29.4 Å². The summed E-state index contributed by atoms with van der Waals surface area (Å²) < 4.78 is 13.4. The average Bonchev–Trinajstić information content (AvgIpc) is 2.66. The largest absolute Gasteiger partial charge is 0.399 e. The SMILES string of the molecule is CON=Cc1ccc(C(O)(CCCN(C)C)c2ccc(F)cc2)c(CO)c1. The zero-order valence-corrected chi connectivity index (χ0v) is 16.0. The minimum absolute atomic E-state index is 0.235. The lowest BCUT2D eigenvalue weighted by Crippen LogP contribution is -2.30. The fourth-order valence-corrected chi connectivity index (χ4v) is 3.15. The van der Waals surface area contributed by atoms with Crippen LogP contribution in [-0.2, 0) is 17.0 Å². The third-order valence-electron chi connectivity index (χ3n) is 4.52. The molecule has 0 amide bonds. The Kier molecular flexibility index (Phi) is 7.47. The Hall–Kier alpha value is -2.28. The first-order valence-corrected chi connectivity index (χ1v) is 8.84. The van der Waals surface area contributed by atoms with Crippen LogP contribution in [0.25, 0.3) is 0 Å². The summed E-state index contributed by atoms with van der Waals surface area (Å²) in [4.78, 5) is 6.73. The molecule has 2 N–H and O–H groups in total. The van der Waals surface area contributed by atoms with E-state index in [-0.39, 0.29) is 12.4 Å². The first-order chi connectivity index (χ1) is 12.9. The topological polar surface area (TPSA) is 65.3 Å². The molecule has 1 unspecified atom stereocenters. The zero-order valence-electron chi connectivity index (χ0n) is 16.0. The number of benzene rings is 2. The molecule has 146 valence electrons. The van der Waals surface area contributed by atoms with Gasteiger partial charge in [0.05, 0.1) is 12.8 Å². The van der Waals surface area contributed by atoms with Crippen molar-refractivity contribution < 1.29 is 19.4 Å². The number of aliphatic hydroxyl groups is 2. The summed E-state index contributed by atoms with van der Waals surface area (Å²) in [7, 11) is 5.40. The highest BCUT2D eigenvalue weighted by atomic mass is 19.1. The first-order valence-electron chi connectivity index (χ1n) is 8.84. The van der Waals surface area contributed by atoms with Crippen LogP contribution in [0.4, 0.5) is 4.39 Å². The molecule has 0 saturated carbocycles. The minimum Gasteiger partial charge on any atom is -0.399 e. The Morgan fingerprint density at radius 2 is 1.89 bits per heavy atom. The van der Waals surface area contributed by atoms with Crippen LogP contribution in [0, 0.1) is 5.82 Å². The molecule has 0 saturated heterocycles. The maximum Gasteiger partial charge on any atom is 0.123 e. The molecule has 2 aromatic rings. The molecular weight excluding hydrogens is 347 g/mol. The molecule has 0 fully saturated rings. The van der Waals surface area contributed by atoms with Gasteiger partial charge in [-0.2, -0.15) is 0 Å². The van der Waals surface area contributed by atoms with Crippen molar-refractivity contribution in [1.29, 1.82) is 0 Å². The second-order valence-electron chi connectivity index (χ2n) is 6.77. The molecule has 0 aliphatic heterocycles. The van der Waals surface area contributed by atoms with Crippen LogP contribution in [0.2, 0.25) is 0 Å². The van der Waals surface area contributed by atoms with Crippen LogP contribution in [0.15, 0.2) is 47.6 Å². The van der Waals surface area contributed by atoms with Crippen molar-refractivity contribution in [3.8, 4) is 0 Å². The lowest BCUT2D eigenvalue weighted by Gasteiger charge is -2.32. The fourth-order valence-electron chi connectivity index (χ4n) is 3.15. The number of oxime groups is 1. The second-order valence-corrected chi connectivity index (χ2v) is 6.77. The van der Waals surface area contributed by atoms with Crippen molar-refractivity contribution in [2.45, 2.75) is 25.0 Å². The molecule has 0 aliphatic rings. The standard InChI is InChI=1S/C21H27FN2O3/c1-24(2)12-4-11-21(26,18-6-8-19(22)9-7-18)20-10-5-16(14-23-27-3)13-17(20)15-25/h5-10,13-14,25-26H,4,11-12,15H2,1-3H3. The van der Waals surface area contributed by atoms with Gasteiger partial charge in [0.25, 0.3) is 0 Å². The molecule has 0 aliphatic carbocycles. The van der Waals surface area contributed by atoms with E-state index in [4.69, 9.17) is 4.84 Å². The smallest absolute Gasteiger partial charge is 0.123 e. The van der Waals surface area contributed by atoms with E-state index < -0.39 is 5.60 Å². The highest BCUT2D eigenvalue weighted by Gasteiger charge is 2.33. The number of rotatable bonds is 9. The van der Waals surface area contributed by atoms with Crippen LogP contribution in [-0.4, -0.2) is 49.1 Å². The molecule has 6 heteroatoms. The van der Waals surface area contributed by atoms with E-state index in [1.165, 1.54) is 25.5 Å². The number of hydrogen-bond acceptors (Lipinski definition) is 5. The summed E-state index contributed by atoms with van der Waals surface area (Å²) in [6, 6.07) is 11.2. The summed E-state index contributed by atoms with van der Waals surface area (Å²) in [5, 5.41) is 25.2. The number of halogens is 1. The number of hydrogen-bond donors (Lipinski definition) is 2. The van der Waals surface area contributed by atoms with Crippen LogP contribution in [0.3, 0.4) is 0 Å². The summed E-state index contributed by atoms with van der Waals surface area (Å²) in [5.41, 5.74) is 1.20. The normalized spacial score (nSPS) is 13.9. The molecular formula is C21H27FN2O3. The van der Waals surface area contributed by atoms with Crippen LogP contribution in [0.1, 0.15) is 35.1 Å². The molecule has 0 bridgehead atoms. The Labute approximate surface area is 159 Å². The summed E-state index contributed by atoms with van der Waals surface area (Å²) in [5.74, 6) is -0.358. The quantitative estimate of drug-likeness (QED) is 0.523. The maximum atomic E-state index is 13.4. The summed E-state index contributed by atoms with van der Waals surface area (Å²) >= 11 is 0. The summed E-state index contributed by atoms with van der Waals surface area (Å²) in [6.07, 6.45) is 2.71. The number of nitrogens with zero attached hydrogens (tertiary/aromatic N) is 2. The van der Waals surface area contributed by atoms with E-state index in [9.17, 15) is 14.6 Å². The predicted octanol–water partition coefficient (Wildman–Crippen LogP) is 2.88. The van der Waals surface area contributed by atoms with Crippen molar-refractivity contribution in [2.24, 2.45) is 5.16 Å². The van der Waals surface area contributed by atoms with Gasteiger partial charge in [-0.15, -0.1) is 0 Å². The van der Waals surface area contributed by atoms with E-state index in [0.717, 1.165) is 18.5 Å². The van der Waals surface area contributed by atoms with Gasteiger partial charge in [0.15, 0.2) is 0 Å². The molecule has 2 aromatic carbocycles. The molecule has 1 atom stereocenters. The van der Waals surface area contributed by atoms with Gasteiger partial charge in [0.1, 0.15) is 18.5 Å². The Morgan fingerprint density at radius 3 is 2.48 bits per heavy atom. The summed E-state index contributed by atoms with van der Waals surface area (Å²) in [6.45, 7) is 0.567. The first kappa shape index (κ1) is 21.0. The van der Waals surface area contributed by atoms with E-state index in [1.54, 1.807) is 30.3 Å². The minimum atomic E-state index is -1.33. The third-order valence-corrected chi connectivity index (χ3v) is 4.52. The molecule has 27 heavy (non-hydrogen) atoms. The predicted molar refractivity (Wildman–Crippen MR) is 104 cm³/mol. The molecule has 0 aromatic heterocycles. The average molecular weight is 374 g/mol. The van der Waals surface area contributed by atoms with Crippen molar-refractivity contribution in [3.63, 3.8) is 0 Å². The van der Waals surface area contributed by atoms with Crippen molar-refractivity contribution in [2.75, 3.05) is 27.7 Å².